The minimum absolute atomic E-state index is 0.0104. The van der Waals surface area contributed by atoms with Crippen LogP contribution in [0.2, 0.25) is 5.02 Å². The van der Waals surface area contributed by atoms with Crippen LogP contribution in [0, 0.1) is 23.0 Å². The first-order valence-electron chi connectivity index (χ1n) is 13.8. The number of nitrogens with two attached hydrogens (primary N) is 1. The van der Waals surface area contributed by atoms with Gasteiger partial charge in [0.25, 0.3) is 0 Å². The van der Waals surface area contributed by atoms with E-state index in [1.165, 1.54) is 12.1 Å². The van der Waals surface area contributed by atoms with E-state index in [0.29, 0.717) is 50.6 Å². The number of fused-ring (bicyclic) bond motifs is 2. The molecule has 3 fully saturated rings. The molecule has 3 aliphatic rings. The van der Waals surface area contributed by atoms with Gasteiger partial charge in [-0.25, -0.2) is 8.78 Å². The first-order chi connectivity index (χ1) is 20.3. The quantitative estimate of drug-likeness (QED) is 0.336. The molecule has 2 aromatic heterocycles. The summed E-state index contributed by atoms with van der Waals surface area (Å²) in [5.41, 5.74) is 6.10. The van der Waals surface area contributed by atoms with E-state index >= 15 is 4.39 Å². The van der Waals surface area contributed by atoms with Crippen LogP contribution < -0.4 is 20.7 Å². The number of nitriles is 1. The second-order valence-corrected chi connectivity index (χ2v) is 12.6. The second-order valence-electron chi connectivity index (χ2n) is 11.2. The SMILES string of the molecule is CN1CCC[C@H]1COc1nc(N2CCOC3(CNC3)C2)c2cc(Cl)c(-c3ccc(F)c4sc(N)c(C#N)c34)c(F)c2n1. The van der Waals surface area contributed by atoms with Crippen LogP contribution in [0.4, 0.5) is 19.6 Å². The zero-order valence-corrected chi connectivity index (χ0v) is 24.4. The molecular formula is C29H28ClF2N7O2S. The molecule has 2 aromatic carbocycles. The number of halogens is 3. The van der Waals surface area contributed by atoms with Crippen molar-refractivity contribution in [1.29, 1.82) is 5.26 Å². The summed E-state index contributed by atoms with van der Waals surface area (Å²) in [6.45, 7) is 4.41. The van der Waals surface area contributed by atoms with E-state index in [1.54, 1.807) is 6.07 Å². The number of hydrogen-bond acceptors (Lipinski definition) is 10. The number of ether oxygens (including phenoxy) is 2. The molecular weight excluding hydrogens is 584 g/mol. The minimum Gasteiger partial charge on any atom is -0.462 e. The summed E-state index contributed by atoms with van der Waals surface area (Å²) in [6, 6.07) is 6.61. The monoisotopic (exact) mass is 611 g/mol. The standard InChI is InChI=1S/C29H28ClF2N7O2S/c1-38-6-2-3-15(38)11-40-28-36-24-17(27(37-28)39-7-8-41-29(14-39)12-35-13-29)9-19(30)22(23(24)32)16-4-5-20(31)25-21(16)18(10-33)26(34)42-25/h4-5,9,15,35H,2-3,6-8,11-14,34H2,1H3/t15-/m0/s1. The van der Waals surface area contributed by atoms with E-state index in [2.05, 4.69) is 27.1 Å². The summed E-state index contributed by atoms with van der Waals surface area (Å²) in [4.78, 5) is 13.6. The lowest BCUT2D eigenvalue weighted by molar-refractivity contribution is -0.0882. The number of rotatable bonds is 5. The van der Waals surface area contributed by atoms with Gasteiger partial charge in [-0.05, 0) is 44.1 Å². The Morgan fingerprint density at radius 2 is 2.14 bits per heavy atom. The van der Waals surface area contributed by atoms with Gasteiger partial charge in [0.05, 0.1) is 28.4 Å². The smallest absolute Gasteiger partial charge is 0.319 e. The molecule has 3 saturated heterocycles. The molecule has 7 rings (SSSR count). The zero-order chi connectivity index (χ0) is 29.2. The molecule has 9 nitrogen and oxygen atoms in total. The fourth-order valence-corrected chi connectivity index (χ4v) is 7.47. The van der Waals surface area contributed by atoms with Gasteiger partial charge in [-0.2, -0.15) is 15.2 Å². The Bertz CT molecular complexity index is 1770. The molecule has 0 saturated carbocycles. The topological polar surface area (TPSA) is 113 Å². The number of aromatic nitrogens is 2. The van der Waals surface area contributed by atoms with Crippen molar-refractivity contribution in [2.24, 2.45) is 0 Å². The maximum atomic E-state index is 16.8. The Hall–Kier alpha value is -3.34. The highest BCUT2D eigenvalue weighted by molar-refractivity contribution is 7.23. The van der Waals surface area contributed by atoms with Crippen LogP contribution >= 0.6 is 22.9 Å². The van der Waals surface area contributed by atoms with Crippen molar-refractivity contribution >= 4 is 54.7 Å². The highest BCUT2D eigenvalue weighted by atomic mass is 35.5. The van der Waals surface area contributed by atoms with Gasteiger partial charge in [0.2, 0.25) is 0 Å². The van der Waals surface area contributed by atoms with Crippen LogP contribution in [0.3, 0.4) is 0 Å². The Kier molecular flexibility index (Phi) is 6.83. The zero-order valence-electron chi connectivity index (χ0n) is 22.8. The molecule has 13 heteroatoms. The van der Waals surface area contributed by atoms with Crippen LogP contribution in [0.5, 0.6) is 6.01 Å². The van der Waals surface area contributed by atoms with E-state index in [0.717, 1.165) is 30.7 Å². The van der Waals surface area contributed by atoms with E-state index in [4.69, 9.17) is 31.8 Å². The lowest BCUT2D eigenvalue weighted by atomic mass is 9.94. The molecule has 3 N–H and O–H groups in total. The summed E-state index contributed by atoms with van der Waals surface area (Å²) in [5.74, 6) is -0.745. The largest absolute Gasteiger partial charge is 0.462 e. The van der Waals surface area contributed by atoms with Crippen molar-refractivity contribution in [3.63, 3.8) is 0 Å². The number of nitrogens with zero attached hydrogens (tertiary/aromatic N) is 5. The predicted molar refractivity (Wildman–Crippen MR) is 159 cm³/mol. The highest BCUT2D eigenvalue weighted by Crippen LogP contribution is 2.46. The van der Waals surface area contributed by atoms with Crippen LogP contribution in [-0.2, 0) is 4.74 Å². The third-order valence-corrected chi connectivity index (χ3v) is 9.89. The van der Waals surface area contributed by atoms with Crippen molar-refractivity contribution < 1.29 is 18.3 Å². The Balaban J connectivity index is 1.40. The molecule has 4 aromatic rings. The van der Waals surface area contributed by atoms with Gasteiger partial charge in [0, 0.05) is 42.0 Å². The number of hydrogen-bond donors (Lipinski definition) is 2. The molecule has 0 aliphatic carbocycles. The van der Waals surface area contributed by atoms with Crippen molar-refractivity contribution in [3.8, 4) is 23.2 Å². The maximum absolute atomic E-state index is 16.8. The summed E-state index contributed by atoms with van der Waals surface area (Å²) in [6.07, 6.45) is 2.08. The molecule has 0 radical (unpaired) electrons. The fraction of sp³-hybridized carbons (Fsp3) is 0.414. The molecule has 3 aliphatic heterocycles. The molecule has 42 heavy (non-hydrogen) atoms. The summed E-state index contributed by atoms with van der Waals surface area (Å²) in [7, 11) is 2.05. The lowest BCUT2D eigenvalue weighted by Crippen LogP contribution is -2.69. The number of benzene rings is 2. The number of nitrogen functional groups attached to an aromatic ring is 1. The van der Waals surface area contributed by atoms with Gasteiger partial charge in [-0.1, -0.05) is 17.7 Å². The first kappa shape index (κ1) is 27.5. The normalized spacial score (nSPS) is 20.4. The van der Waals surface area contributed by atoms with Crippen LogP contribution in [0.1, 0.15) is 18.4 Å². The van der Waals surface area contributed by atoms with Crippen molar-refractivity contribution in [3.05, 3.63) is 40.4 Å². The van der Waals surface area contributed by atoms with Gasteiger partial charge >= 0.3 is 6.01 Å². The number of nitrogens with one attached hydrogen (secondary N) is 1. The number of anilines is 2. The maximum Gasteiger partial charge on any atom is 0.319 e. The number of thiophene rings is 1. The van der Waals surface area contributed by atoms with Crippen molar-refractivity contribution in [1.82, 2.24) is 20.2 Å². The third-order valence-electron chi connectivity index (χ3n) is 8.56. The van der Waals surface area contributed by atoms with E-state index < -0.39 is 11.6 Å². The number of likely N-dealkylation sites (tertiary alicyclic amines) is 1. The van der Waals surface area contributed by atoms with Crippen molar-refractivity contribution in [2.45, 2.75) is 24.5 Å². The average Bonchev–Trinajstić information content (AvgIpc) is 3.54. The Morgan fingerprint density at radius 1 is 1.31 bits per heavy atom. The number of likely N-dealkylation sites (N-methyl/N-ethyl adjacent to an activating group) is 1. The van der Waals surface area contributed by atoms with E-state index in [9.17, 15) is 9.65 Å². The van der Waals surface area contributed by atoms with E-state index in [1.807, 2.05) is 6.07 Å². The Labute approximate surface area is 249 Å². The first-order valence-corrected chi connectivity index (χ1v) is 15.0. The third kappa shape index (κ3) is 4.42. The molecule has 5 heterocycles. The minimum atomic E-state index is -0.709. The Morgan fingerprint density at radius 3 is 2.86 bits per heavy atom. The van der Waals surface area contributed by atoms with Crippen LogP contribution in [0.15, 0.2) is 18.2 Å². The molecule has 1 atom stereocenters. The van der Waals surface area contributed by atoms with E-state index in [-0.39, 0.29) is 60.0 Å². The predicted octanol–water partition coefficient (Wildman–Crippen LogP) is 4.55. The molecule has 218 valence electrons. The van der Waals surface area contributed by atoms with Gasteiger partial charge in [0.1, 0.15) is 40.4 Å². The summed E-state index contributed by atoms with van der Waals surface area (Å²) >= 11 is 7.75. The summed E-state index contributed by atoms with van der Waals surface area (Å²) < 4.78 is 43.9. The lowest BCUT2D eigenvalue weighted by Gasteiger charge is -2.49. The number of morpholine rings is 1. The fourth-order valence-electron chi connectivity index (χ4n) is 6.23. The van der Waals surface area contributed by atoms with Gasteiger partial charge in [0.15, 0.2) is 5.82 Å². The average molecular weight is 612 g/mol. The molecule has 0 amide bonds. The van der Waals surface area contributed by atoms with Gasteiger partial charge < -0.3 is 30.3 Å². The molecule has 0 unspecified atom stereocenters. The van der Waals surface area contributed by atoms with Crippen LogP contribution in [-0.4, -0.2) is 79.5 Å². The molecule has 1 spiro atoms. The van der Waals surface area contributed by atoms with Crippen LogP contribution in [0.25, 0.3) is 32.1 Å². The van der Waals surface area contributed by atoms with Crippen molar-refractivity contribution in [2.75, 3.05) is 63.6 Å². The second kappa shape index (κ2) is 10.4. The highest BCUT2D eigenvalue weighted by Gasteiger charge is 2.43. The summed E-state index contributed by atoms with van der Waals surface area (Å²) in [5, 5.41) is 14.0. The van der Waals surface area contributed by atoms with Gasteiger partial charge in [-0.3, -0.25) is 0 Å². The van der Waals surface area contributed by atoms with Gasteiger partial charge in [-0.15, -0.1) is 11.3 Å². The molecule has 0 bridgehead atoms.